The molecule has 1 aliphatic carbocycles. The van der Waals surface area contributed by atoms with Gasteiger partial charge in [-0.15, -0.1) is 0 Å². The molecule has 0 aliphatic heterocycles. The van der Waals surface area contributed by atoms with E-state index in [1.54, 1.807) is 0 Å². The number of rotatable bonds is 10. The molecule has 0 heterocycles. The van der Waals surface area contributed by atoms with Crippen LogP contribution in [0.15, 0.2) is 29.3 Å². The lowest BCUT2D eigenvalue weighted by Gasteiger charge is -2.11. The molecule has 0 radical (unpaired) electrons. The fraction of sp³-hybridized carbons (Fsp3) is 0.579. The summed E-state index contributed by atoms with van der Waals surface area (Å²) in [6.45, 7) is 6.77. The zero-order valence-electron chi connectivity index (χ0n) is 15.3. The minimum Gasteiger partial charge on any atom is -0.484 e. The van der Waals surface area contributed by atoms with Gasteiger partial charge in [0.1, 0.15) is 5.75 Å². The molecule has 0 saturated heterocycles. The maximum Gasteiger partial charge on any atom is 0.258 e. The standard InChI is InChI=1S/C19H30N4O2/c1-3-12-21-19(20-4-2)22-13-11-15-5-9-17(10-6-15)25-14-18(24)23-16-7-8-16/h5-6,9-10,16H,3-4,7-8,11-14H2,1-2H3,(H,23,24)(H2,20,21,22). The molecule has 0 spiro atoms. The van der Waals surface area contributed by atoms with E-state index < -0.39 is 0 Å². The molecule has 1 fully saturated rings. The van der Waals surface area contributed by atoms with Gasteiger partial charge in [0.15, 0.2) is 12.6 Å². The quantitative estimate of drug-likeness (QED) is 0.446. The van der Waals surface area contributed by atoms with E-state index in [0.29, 0.717) is 6.04 Å². The van der Waals surface area contributed by atoms with Gasteiger partial charge >= 0.3 is 0 Å². The second kappa shape index (κ2) is 10.6. The number of ether oxygens (including phenoxy) is 1. The van der Waals surface area contributed by atoms with Crippen LogP contribution in [-0.4, -0.2) is 44.1 Å². The van der Waals surface area contributed by atoms with E-state index in [1.165, 1.54) is 5.56 Å². The molecule has 138 valence electrons. The third-order valence-electron chi connectivity index (χ3n) is 3.78. The molecule has 0 atom stereocenters. The highest BCUT2D eigenvalue weighted by Crippen LogP contribution is 2.18. The van der Waals surface area contributed by atoms with Crippen LogP contribution in [0.2, 0.25) is 0 Å². The summed E-state index contributed by atoms with van der Waals surface area (Å²) in [5, 5.41) is 9.49. The van der Waals surface area contributed by atoms with E-state index in [0.717, 1.165) is 57.0 Å². The molecule has 3 N–H and O–H groups in total. The van der Waals surface area contributed by atoms with Crippen molar-refractivity contribution in [3.8, 4) is 5.75 Å². The molecule has 1 saturated carbocycles. The van der Waals surface area contributed by atoms with Crippen LogP contribution in [0.4, 0.5) is 0 Å². The second-order valence-corrected chi connectivity index (χ2v) is 6.21. The third kappa shape index (κ3) is 7.92. The number of hydrogen-bond donors (Lipinski definition) is 3. The minimum absolute atomic E-state index is 0.0434. The summed E-state index contributed by atoms with van der Waals surface area (Å²) >= 11 is 0. The Morgan fingerprint density at radius 2 is 1.96 bits per heavy atom. The average Bonchev–Trinajstić information content (AvgIpc) is 3.43. The van der Waals surface area contributed by atoms with Crippen molar-refractivity contribution >= 4 is 11.9 Å². The Morgan fingerprint density at radius 1 is 1.20 bits per heavy atom. The predicted octanol–water partition coefficient (Wildman–Crippen LogP) is 1.85. The zero-order valence-corrected chi connectivity index (χ0v) is 15.3. The van der Waals surface area contributed by atoms with Gasteiger partial charge in [0.25, 0.3) is 5.91 Å². The average molecular weight is 346 g/mol. The molecule has 0 bridgehead atoms. The van der Waals surface area contributed by atoms with E-state index >= 15 is 0 Å². The van der Waals surface area contributed by atoms with Crippen LogP contribution in [0.3, 0.4) is 0 Å². The van der Waals surface area contributed by atoms with E-state index in [-0.39, 0.29) is 12.5 Å². The monoisotopic (exact) mass is 346 g/mol. The van der Waals surface area contributed by atoms with Crippen LogP contribution < -0.4 is 20.7 Å². The summed E-state index contributed by atoms with van der Waals surface area (Å²) < 4.78 is 5.51. The van der Waals surface area contributed by atoms with Gasteiger partial charge in [-0.05, 0) is 50.3 Å². The Morgan fingerprint density at radius 3 is 2.60 bits per heavy atom. The van der Waals surface area contributed by atoms with Crippen LogP contribution in [0.5, 0.6) is 5.75 Å². The molecule has 2 rings (SSSR count). The maximum absolute atomic E-state index is 11.6. The number of hydrogen-bond acceptors (Lipinski definition) is 3. The first kappa shape index (κ1) is 19.1. The third-order valence-corrected chi connectivity index (χ3v) is 3.78. The van der Waals surface area contributed by atoms with Gasteiger partial charge in [0, 0.05) is 25.7 Å². The van der Waals surface area contributed by atoms with Gasteiger partial charge < -0.3 is 20.7 Å². The van der Waals surface area contributed by atoms with E-state index in [2.05, 4.69) is 34.8 Å². The van der Waals surface area contributed by atoms with Gasteiger partial charge in [0.05, 0.1) is 0 Å². The molecule has 1 amide bonds. The van der Waals surface area contributed by atoms with Crippen molar-refractivity contribution in [2.45, 2.75) is 45.6 Å². The van der Waals surface area contributed by atoms with Gasteiger partial charge in [-0.3, -0.25) is 9.79 Å². The number of nitrogens with one attached hydrogen (secondary N) is 3. The van der Waals surface area contributed by atoms with Crippen LogP contribution in [0.25, 0.3) is 0 Å². The molecule has 1 aromatic rings. The van der Waals surface area contributed by atoms with Crippen LogP contribution in [0.1, 0.15) is 38.7 Å². The van der Waals surface area contributed by atoms with Crippen molar-refractivity contribution in [1.29, 1.82) is 0 Å². The summed E-state index contributed by atoms with van der Waals surface area (Å²) in [7, 11) is 0. The Balaban J connectivity index is 1.69. The Bertz CT molecular complexity index is 553. The van der Waals surface area contributed by atoms with Gasteiger partial charge in [-0.2, -0.15) is 0 Å². The largest absolute Gasteiger partial charge is 0.484 e. The fourth-order valence-electron chi connectivity index (χ4n) is 2.29. The summed E-state index contributed by atoms with van der Waals surface area (Å²) in [5.41, 5.74) is 1.22. The van der Waals surface area contributed by atoms with Crippen molar-refractivity contribution in [3.05, 3.63) is 29.8 Å². The molecule has 25 heavy (non-hydrogen) atoms. The normalized spacial score (nSPS) is 14.1. The van der Waals surface area contributed by atoms with E-state index in [1.807, 2.05) is 24.3 Å². The van der Waals surface area contributed by atoms with Crippen molar-refractivity contribution in [2.75, 3.05) is 26.2 Å². The number of guanidine groups is 1. The van der Waals surface area contributed by atoms with Gasteiger partial charge in [-0.1, -0.05) is 19.1 Å². The predicted molar refractivity (Wildman–Crippen MR) is 101 cm³/mol. The van der Waals surface area contributed by atoms with Gasteiger partial charge in [-0.25, -0.2) is 0 Å². The topological polar surface area (TPSA) is 74.8 Å². The highest BCUT2D eigenvalue weighted by Gasteiger charge is 2.23. The van der Waals surface area contributed by atoms with Crippen LogP contribution in [-0.2, 0) is 11.2 Å². The van der Waals surface area contributed by atoms with Crippen LogP contribution >= 0.6 is 0 Å². The van der Waals surface area contributed by atoms with E-state index in [9.17, 15) is 4.79 Å². The number of aliphatic imine (C=N–C) groups is 1. The molecule has 6 heteroatoms. The first-order chi connectivity index (χ1) is 12.2. The Kier molecular flexibility index (Phi) is 8.09. The number of nitrogens with zero attached hydrogens (tertiary/aromatic N) is 1. The Labute approximate surface area is 150 Å². The van der Waals surface area contributed by atoms with E-state index in [4.69, 9.17) is 4.74 Å². The van der Waals surface area contributed by atoms with Gasteiger partial charge in [0.2, 0.25) is 0 Å². The first-order valence-electron chi connectivity index (χ1n) is 9.24. The second-order valence-electron chi connectivity index (χ2n) is 6.21. The molecule has 0 aromatic heterocycles. The first-order valence-corrected chi connectivity index (χ1v) is 9.24. The molecule has 6 nitrogen and oxygen atoms in total. The molecular formula is C19H30N4O2. The summed E-state index contributed by atoms with van der Waals surface area (Å²) in [5.74, 6) is 1.55. The lowest BCUT2D eigenvalue weighted by atomic mass is 10.1. The van der Waals surface area contributed by atoms with Crippen molar-refractivity contribution < 1.29 is 9.53 Å². The lowest BCUT2D eigenvalue weighted by molar-refractivity contribution is -0.123. The molecule has 1 aromatic carbocycles. The number of benzene rings is 1. The minimum atomic E-state index is -0.0434. The lowest BCUT2D eigenvalue weighted by Crippen LogP contribution is -2.38. The highest BCUT2D eigenvalue weighted by atomic mass is 16.5. The number of carbonyl (C=O) groups is 1. The smallest absolute Gasteiger partial charge is 0.258 e. The fourth-order valence-corrected chi connectivity index (χ4v) is 2.29. The highest BCUT2D eigenvalue weighted by molar-refractivity contribution is 5.79. The SMILES string of the molecule is CCCN=C(NCC)NCCc1ccc(OCC(=O)NC2CC2)cc1. The molecule has 1 aliphatic rings. The van der Waals surface area contributed by atoms with Crippen molar-refractivity contribution in [1.82, 2.24) is 16.0 Å². The Hall–Kier alpha value is -2.24. The molecular weight excluding hydrogens is 316 g/mol. The number of amides is 1. The maximum atomic E-state index is 11.6. The summed E-state index contributed by atoms with van der Waals surface area (Å²) in [4.78, 5) is 16.1. The summed E-state index contributed by atoms with van der Waals surface area (Å²) in [6, 6.07) is 8.27. The number of carbonyl (C=O) groups excluding carboxylic acids is 1. The van der Waals surface area contributed by atoms with Crippen LogP contribution in [0, 0.1) is 0 Å². The zero-order chi connectivity index (χ0) is 17.9. The molecule has 0 unspecified atom stereocenters. The van der Waals surface area contributed by atoms with Crippen molar-refractivity contribution in [2.24, 2.45) is 4.99 Å². The summed E-state index contributed by atoms with van der Waals surface area (Å²) in [6.07, 6.45) is 4.12. The van der Waals surface area contributed by atoms with Crippen molar-refractivity contribution in [3.63, 3.8) is 0 Å².